The summed E-state index contributed by atoms with van der Waals surface area (Å²) in [7, 11) is -0.785. The number of carbonyl (C=O) groups is 1. The first-order chi connectivity index (χ1) is 16.8. The molecule has 0 radical (unpaired) electrons. The predicted octanol–water partition coefficient (Wildman–Crippen LogP) is 4.23. The van der Waals surface area contributed by atoms with Gasteiger partial charge in [0.2, 0.25) is 10.0 Å². The van der Waals surface area contributed by atoms with Crippen LogP contribution in [-0.2, 0) is 16.2 Å². The Labute approximate surface area is 208 Å². The van der Waals surface area contributed by atoms with E-state index in [0.717, 1.165) is 12.1 Å². The maximum Gasteiger partial charge on any atom is 0.417 e. The van der Waals surface area contributed by atoms with Crippen molar-refractivity contribution >= 4 is 21.6 Å². The largest absolute Gasteiger partial charge is 0.495 e. The maximum absolute atomic E-state index is 13.5. The number of ether oxygens (including phenoxy) is 1. The lowest BCUT2D eigenvalue weighted by atomic mass is 10.0. The molecule has 1 aliphatic rings. The minimum Gasteiger partial charge on any atom is -0.495 e. The van der Waals surface area contributed by atoms with Gasteiger partial charge in [-0.15, -0.1) is 0 Å². The Morgan fingerprint density at radius 2 is 1.86 bits per heavy atom. The van der Waals surface area contributed by atoms with Crippen LogP contribution in [0.15, 0.2) is 41.3 Å². The number of anilines is 1. The van der Waals surface area contributed by atoms with Crippen LogP contribution in [0.25, 0.3) is 0 Å². The first-order valence-electron chi connectivity index (χ1n) is 11.4. The highest BCUT2D eigenvalue weighted by molar-refractivity contribution is 7.89. The van der Waals surface area contributed by atoms with Crippen molar-refractivity contribution in [1.82, 2.24) is 9.21 Å². The normalized spacial score (nSPS) is 17.0. The van der Waals surface area contributed by atoms with Gasteiger partial charge in [0.05, 0.1) is 28.8 Å². The average Bonchev–Trinajstić information content (AvgIpc) is 2.82. The van der Waals surface area contributed by atoms with Crippen molar-refractivity contribution in [3.8, 4) is 5.75 Å². The first kappa shape index (κ1) is 27.7. The quantitative estimate of drug-likeness (QED) is 0.500. The molecule has 1 atom stereocenters. The zero-order chi connectivity index (χ0) is 26.8. The van der Waals surface area contributed by atoms with Gasteiger partial charge in [-0.2, -0.15) is 13.2 Å². The fourth-order valence-corrected chi connectivity index (χ4v) is 5.56. The van der Waals surface area contributed by atoms with E-state index in [1.807, 2.05) is 11.8 Å². The fourth-order valence-electron chi connectivity index (χ4n) is 4.28. The molecule has 12 heteroatoms. The Morgan fingerprint density at radius 3 is 2.44 bits per heavy atom. The molecule has 0 aliphatic carbocycles. The van der Waals surface area contributed by atoms with Gasteiger partial charge in [-0.25, -0.2) is 17.1 Å². The van der Waals surface area contributed by atoms with Gasteiger partial charge < -0.3 is 14.5 Å². The van der Waals surface area contributed by atoms with E-state index in [0.29, 0.717) is 30.5 Å². The molecule has 2 aromatic rings. The van der Waals surface area contributed by atoms with Crippen molar-refractivity contribution in [2.75, 3.05) is 45.2 Å². The molecule has 0 N–H and O–H groups in total. The van der Waals surface area contributed by atoms with Crippen LogP contribution >= 0.6 is 0 Å². The van der Waals surface area contributed by atoms with Crippen LogP contribution in [0.3, 0.4) is 0 Å². The number of alkyl halides is 3. The number of methoxy groups -OCH3 is 1. The van der Waals surface area contributed by atoms with Crippen molar-refractivity contribution in [2.24, 2.45) is 0 Å². The van der Waals surface area contributed by atoms with Gasteiger partial charge in [0.25, 0.3) is 5.91 Å². The lowest BCUT2D eigenvalue weighted by Gasteiger charge is -2.42. The zero-order valence-electron chi connectivity index (χ0n) is 20.5. The van der Waals surface area contributed by atoms with Crippen LogP contribution in [-0.4, -0.2) is 69.9 Å². The number of sulfonamides is 1. The van der Waals surface area contributed by atoms with Gasteiger partial charge in [-0.05, 0) is 49.7 Å². The molecule has 7 nitrogen and oxygen atoms in total. The van der Waals surface area contributed by atoms with Crippen molar-refractivity contribution in [1.29, 1.82) is 0 Å². The summed E-state index contributed by atoms with van der Waals surface area (Å²) in [5, 5.41) is 0. The van der Waals surface area contributed by atoms with Crippen LogP contribution < -0.4 is 9.64 Å². The molecule has 0 unspecified atom stereocenters. The van der Waals surface area contributed by atoms with E-state index in [1.54, 1.807) is 13.0 Å². The van der Waals surface area contributed by atoms with Gasteiger partial charge in [0.1, 0.15) is 11.6 Å². The molecule has 1 amide bonds. The number of hydrogen-bond acceptors (Lipinski definition) is 5. The lowest BCUT2D eigenvalue weighted by molar-refractivity contribution is -0.138. The third-order valence-corrected chi connectivity index (χ3v) is 7.99. The molecule has 0 bridgehead atoms. The van der Waals surface area contributed by atoms with E-state index in [1.165, 1.54) is 35.5 Å². The molecule has 0 aromatic heterocycles. The van der Waals surface area contributed by atoms with Gasteiger partial charge >= 0.3 is 6.18 Å². The Bertz CT molecular complexity index is 1220. The number of amides is 1. The summed E-state index contributed by atoms with van der Waals surface area (Å²) >= 11 is 0. The molecule has 2 aromatic carbocycles. The summed E-state index contributed by atoms with van der Waals surface area (Å²) in [5.41, 5.74) is -1.44. The molecule has 1 heterocycles. The molecular weight excluding hydrogens is 502 g/mol. The number of rotatable bonds is 7. The molecular formula is C24H29F4N3O4S. The topological polar surface area (TPSA) is 70.2 Å². The summed E-state index contributed by atoms with van der Waals surface area (Å²) in [6.07, 6.45) is -4.24. The van der Waals surface area contributed by atoms with Crippen LogP contribution in [0.2, 0.25) is 0 Å². The smallest absolute Gasteiger partial charge is 0.417 e. The number of benzene rings is 2. The number of carbonyl (C=O) groups excluding carboxylic acids is 1. The first-order valence-corrected chi connectivity index (χ1v) is 12.8. The Balaban J connectivity index is 1.88. The average molecular weight is 532 g/mol. The second kappa shape index (κ2) is 10.6. The molecule has 0 saturated carbocycles. The highest BCUT2D eigenvalue weighted by Crippen LogP contribution is 2.36. The minimum atomic E-state index is -4.88. The fraction of sp³-hybridized carbons (Fsp3) is 0.458. The third-order valence-electron chi connectivity index (χ3n) is 6.14. The summed E-state index contributed by atoms with van der Waals surface area (Å²) in [6, 6.07) is 6.14. The number of halogens is 4. The molecule has 3 rings (SSSR count). The molecule has 0 spiro atoms. The molecule has 1 saturated heterocycles. The van der Waals surface area contributed by atoms with Crippen molar-refractivity contribution in [3.63, 3.8) is 0 Å². The molecule has 1 fully saturated rings. The summed E-state index contributed by atoms with van der Waals surface area (Å²) in [5.74, 6) is -1.50. The maximum atomic E-state index is 13.5. The predicted molar refractivity (Wildman–Crippen MR) is 127 cm³/mol. The van der Waals surface area contributed by atoms with Crippen LogP contribution in [0.4, 0.5) is 23.2 Å². The second-order valence-electron chi connectivity index (χ2n) is 8.64. The summed E-state index contributed by atoms with van der Waals surface area (Å²) in [4.78, 5) is 16.2. The summed E-state index contributed by atoms with van der Waals surface area (Å²) < 4.78 is 86.4. The van der Waals surface area contributed by atoms with Gasteiger partial charge in [-0.3, -0.25) is 4.79 Å². The van der Waals surface area contributed by atoms with E-state index >= 15 is 0 Å². The van der Waals surface area contributed by atoms with E-state index in [2.05, 4.69) is 0 Å². The highest BCUT2D eigenvalue weighted by atomic mass is 32.2. The second-order valence-corrected chi connectivity index (χ2v) is 10.7. The number of piperazine rings is 1. The van der Waals surface area contributed by atoms with Crippen molar-refractivity contribution in [3.05, 3.63) is 53.3 Å². The highest BCUT2D eigenvalue weighted by Gasteiger charge is 2.38. The van der Waals surface area contributed by atoms with Gasteiger partial charge in [0.15, 0.2) is 0 Å². The zero-order valence-corrected chi connectivity index (χ0v) is 21.3. The number of hydrogen-bond donors (Lipinski definition) is 0. The monoisotopic (exact) mass is 531 g/mol. The van der Waals surface area contributed by atoms with E-state index in [-0.39, 0.29) is 30.6 Å². The van der Waals surface area contributed by atoms with Gasteiger partial charge in [-0.1, -0.05) is 6.92 Å². The molecule has 1 aliphatic heterocycles. The SMILES string of the molecule is CCCN(C)S(=O)(=O)c1ccc(OC)c(N2CCN(C(=O)c3ccc(F)cc3C(F)(F)F)C[C@@H]2C)c1. The number of nitrogens with zero attached hydrogens (tertiary/aromatic N) is 3. The van der Waals surface area contributed by atoms with Crippen LogP contribution in [0, 0.1) is 5.82 Å². The van der Waals surface area contributed by atoms with Crippen molar-refractivity contribution in [2.45, 2.75) is 37.4 Å². The van der Waals surface area contributed by atoms with E-state index in [9.17, 15) is 30.8 Å². The van der Waals surface area contributed by atoms with Gasteiger partial charge in [0, 0.05) is 39.3 Å². The Kier molecular flexibility index (Phi) is 8.19. The molecule has 198 valence electrons. The standard InChI is InChI=1S/C24H29F4N3O4S/c1-5-10-29(3)36(33,34)18-7-9-22(35-4)21(14-18)31-12-11-30(15-16(31)2)23(32)19-8-6-17(25)13-20(19)24(26,27)28/h6-9,13-14,16H,5,10-12,15H2,1-4H3/t16-/m0/s1. The third kappa shape index (κ3) is 5.59. The molecule has 36 heavy (non-hydrogen) atoms. The van der Waals surface area contributed by atoms with Crippen molar-refractivity contribution < 1.29 is 35.5 Å². The van der Waals surface area contributed by atoms with E-state index < -0.39 is 39.1 Å². The summed E-state index contributed by atoms with van der Waals surface area (Å²) in [6.45, 7) is 4.37. The van der Waals surface area contributed by atoms with Crippen LogP contribution in [0.1, 0.15) is 36.2 Å². The Hall–Kier alpha value is -2.86. The van der Waals surface area contributed by atoms with Crippen LogP contribution in [0.5, 0.6) is 5.75 Å². The lowest BCUT2D eigenvalue weighted by Crippen LogP contribution is -2.54. The minimum absolute atomic E-state index is 0.0728. The van der Waals surface area contributed by atoms with E-state index in [4.69, 9.17) is 4.74 Å². The Morgan fingerprint density at radius 1 is 1.17 bits per heavy atom.